The molecule has 0 saturated carbocycles. The van der Waals surface area contributed by atoms with E-state index in [0.717, 1.165) is 57.8 Å². The number of aliphatic carboxylic acids is 3. The zero-order valence-electron chi connectivity index (χ0n) is 20.8. The second-order valence-electron chi connectivity index (χ2n) is 7.61. The molecule has 0 bridgehead atoms. The molecule has 0 aromatic carbocycles. The second-order valence-corrected chi connectivity index (χ2v) is 7.61. The summed E-state index contributed by atoms with van der Waals surface area (Å²) < 4.78 is 0. The number of carbonyl (C=O) groups is 3. The smallest absolute Gasteiger partial charge is 0.550 e. The van der Waals surface area contributed by atoms with Crippen molar-refractivity contribution in [2.45, 2.75) is 136 Å². The van der Waals surface area contributed by atoms with Crippen LogP contribution in [0.25, 0.3) is 0 Å². The Bertz CT molecular complexity index is 338. The quantitative estimate of drug-likeness (QED) is 0.176. The minimum absolute atomic E-state index is 0. The Labute approximate surface area is 240 Å². The van der Waals surface area contributed by atoms with Crippen molar-refractivity contribution in [2.75, 3.05) is 0 Å². The van der Waals surface area contributed by atoms with Crippen LogP contribution in [0.3, 0.4) is 0 Å². The third-order valence-corrected chi connectivity index (χ3v) is 4.45. The number of unbranched alkanes of at least 4 members (excludes halogenated alkanes) is 12. The molecule has 8 heteroatoms. The Morgan fingerprint density at radius 2 is 0.625 bits per heavy atom. The van der Waals surface area contributed by atoms with Gasteiger partial charge in [-0.3, -0.25) is 0 Å². The van der Waals surface area contributed by atoms with E-state index in [9.17, 15) is 29.7 Å². The van der Waals surface area contributed by atoms with E-state index in [1.54, 1.807) is 0 Å². The summed E-state index contributed by atoms with van der Waals surface area (Å²) >= 11 is 0. The van der Waals surface area contributed by atoms with Crippen LogP contribution < -0.4 is 15.3 Å². The number of carbonyl (C=O) groups excluding carboxylic acids is 3. The fourth-order valence-electron chi connectivity index (χ4n) is 2.62. The van der Waals surface area contributed by atoms with E-state index in [0.29, 0.717) is 0 Å². The minimum atomic E-state index is -0.920. The summed E-state index contributed by atoms with van der Waals surface area (Å²) in [7, 11) is 0. The molecule has 0 aliphatic carbocycles. The van der Waals surface area contributed by atoms with Gasteiger partial charge in [-0.25, -0.2) is 0 Å². The van der Waals surface area contributed by atoms with Gasteiger partial charge >= 0.3 is 40.8 Å². The van der Waals surface area contributed by atoms with Crippen molar-refractivity contribution in [3.63, 3.8) is 0 Å². The zero-order valence-corrected chi connectivity index (χ0v) is 25.1. The number of hydrogen-bond acceptors (Lipinski definition) is 6. The van der Waals surface area contributed by atoms with Crippen molar-refractivity contribution in [2.24, 2.45) is 0 Å². The van der Waals surface area contributed by atoms with E-state index in [2.05, 4.69) is 20.8 Å². The largest absolute Gasteiger partial charge is 3.00 e. The molecular formula is C24H45AlNdO6. The maximum atomic E-state index is 9.92. The molecule has 4 radical (unpaired) electrons. The molecule has 0 aliphatic heterocycles. The van der Waals surface area contributed by atoms with Crippen LogP contribution in [0, 0.1) is 40.8 Å². The SMILES string of the molecule is CCCCCCCC(=O)[O-].CCCCCCCC(=O)[O-].CCCCCCCC(=O)[O-].[Al].[Nd+3]. The van der Waals surface area contributed by atoms with Gasteiger partial charge in [0.05, 0.1) is 0 Å². The van der Waals surface area contributed by atoms with Gasteiger partial charge in [0.2, 0.25) is 0 Å². The first kappa shape index (κ1) is 42.5. The fourth-order valence-corrected chi connectivity index (χ4v) is 2.62. The van der Waals surface area contributed by atoms with Crippen LogP contribution in [0.2, 0.25) is 0 Å². The van der Waals surface area contributed by atoms with Crippen LogP contribution in [-0.4, -0.2) is 35.3 Å². The molecule has 0 aromatic rings. The van der Waals surface area contributed by atoms with E-state index >= 15 is 0 Å². The molecule has 6 nitrogen and oxygen atoms in total. The first-order valence-corrected chi connectivity index (χ1v) is 11.9. The Hall–Kier alpha value is 0.293. The van der Waals surface area contributed by atoms with Crippen LogP contribution in [-0.2, 0) is 14.4 Å². The molecule has 0 N–H and O–H groups in total. The molecule has 0 atom stereocenters. The maximum absolute atomic E-state index is 9.92. The predicted octanol–water partition coefficient (Wildman–Crippen LogP) is 2.91. The van der Waals surface area contributed by atoms with Gasteiger partial charge in [-0.1, -0.05) is 97.8 Å². The molecule has 0 unspecified atom stereocenters. The monoisotopic (exact) mass is 598 g/mol. The molecule has 0 heterocycles. The maximum Gasteiger partial charge on any atom is 3.00 e. The minimum Gasteiger partial charge on any atom is -0.550 e. The normalized spacial score (nSPS) is 9.09. The Kier molecular flexibility index (Phi) is 51.1. The van der Waals surface area contributed by atoms with Crippen molar-refractivity contribution in [1.82, 2.24) is 0 Å². The van der Waals surface area contributed by atoms with Crippen LogP contribution >= 0.6 is 0 Å². The summed E-state index contributed by atoms with van der Waals surface area (Å²) in [5, 5.41) is 29.8. The summed E-state index contributed by atoms with van der Waals surface area (Å²) in [5.74, 6) is -2.76. The third kappa shape index (κ3) is 57.3. The number of hydrogen-bond donors (Lipinski definition) is 0. The van der Waals surface area contributed by atoms with E-state index in [1.807, 2.05) is 0 Å². The average Bonchev–Trinajstić information content (AvgIpc) is 2.68. The number of carboxylic acid groups (broad SMARTS) is 3. The molecule has 0 amide bonds. The van der Waals surface area contributed by atoms with Crippen molar-refractivity contribution in [1.29, 1.82) is 0 Å². The zero-order chi connectivity index (χ0) is 23.5. The standard InChI is InChI=1S/3C8H16O2.Al.Nd/c3*1-2-3-4-5-6-7-8(9)10;;/h3*2-7H2,1H3,(H,9,10);;/q;;;;+3/p-3. The summed E-state index contributed by atoms with van der Waals surface area (Å²) in [6, 6.07) is 0. The topological polar surface area (TPSA) is 120 Å². The molecule has 0 fully saturated rings. The van der Waals surface area contributed by atoms with Gasteiger partial charge < -0.3 is 29.7 Å². The van der Waals surface area contributed by atoms with Gasteiger partial charge in [0.15, 0.2) is 0 Å². The predicted molar refractivity (Wildman–Crippen MR) is 121 cm³/mol. The molecule has 0 rings (SSSR count). The van der Waals surface area contributed by atoms with Gasteiger partial charge in [0, 0.05) is 35.3 Å². The molecule has 32 heavy (non-hydrogen) atoms. The van der Waals surface area contributed by atoms with E-state index in [1.165, 1.54) is 38.5 Å². The first-order valence-electron chi connectivity index (χ1n) is 11.9. The van der Waals surface area contributed by atoms with Crippen molar-refractivity contribution in [3.8, 4) is 0 Å². The molecule has 0 spiro atoms. The van der Waals surface area contributed by atoms with Gasteiger partial charge in [0.1, 0.15) is 0 Å². The summed E-state index contributed by atoms with van der Waals surface area (Å²) in [4.78, 5) is 29.8. The fraction of sp³-hybridized carbons (Fsp3) is 0.875. The summed E-state index contributed by atoms with van der Waals surface area (Å²) in [6.45, 7) is 6.41. The number of rotatable bonds is 18. The van der Waals surface area contributed by atoms with E-state index in [-0.39, 0.29) is 77.5 Å². The molecule has 0 aliphatic rings. The summed E-state index contributed by atoms with van der Waals surface area (Å²) in [6.07, 6.45) is 16.8. The molecule has 184 valence electrons. The van der Waals surface area contributed by atoms with Crippen molar-refractivity contribution >= 4 is 35.3 Å². The molecular weight excluding hydrogens is 555 g/mol. The van der Waals surface area contributed by atoms with Crippen molar-refractivity contribution in [3.05, 3.63) is 0 Å². The summed E-state index contributed by atoms with van der Waals surface area (Å²) in [5.41, 5.74) is 0. The van der Waals surface area contributed by atoms with E-state index in [4.69, 9.17) is 0 Å². The van der Waals surface area contributed by atoms with Gasteiger partial charge in [-0.15, -0.1) is 0 Å². The second kappa shape index (κ2) is 38.6. The Morgan fingerprint density at radius 1 is 0.438 bits per heavy atom. The van der Waals surface area contributed by atoms with Crippen LogP contribution in [0.15, 0.2) is 0 Å². The number of carboxylic acids is 3. The molecule has 0 saturated heterocycles. The molecule has 0 aromatic heterocycles. The van der Waals surface area contributed by atoms with Gasteiger partial charge in [-0.05, 0) is 38.5 Å². The van der Waals surface area contributed by atoms with Crippen LogP contribution in [0.5, 0.6) is 0 Å². The van der Waals surface area contributed by atoms with Gasteiger partial charge in [-0.2, -0.15) is 0 Å². The van der Waals surface area contributed by atoms with Crippen molar-refractivity contribution < 1.29 is 70.5 Å². The van der Waals surface area contributed by atoms with Gasteiger partial charge in [0.25, 0.3) is 0 Å². The van der Waals surface area contributed by atoms with Crippen LogP contribution in [0.1, 0.15) is 136 Å². The van der Waals surface area contributed by atoms with Crippen LogP contribution in [0.4, 0.5) is 0 Å². The van der Waals surface area contributed by atoms with E-state index < -0.39 is 17.9 Å². The third-order valence-electron chi connectivity index (χ3n) is 4.45. The Morgan fingerprint density at radius 3 is 0.781 bits per heavy atom. The average molecular weight is 601 g/mol. The first-order chi connectivity index (χ1) is 14.3. The Balaban J connectivity index is -0.000000110.